The number of nitrogen functional groups attached to an aromatic ring is 1. The molecule has 3 rings (SSSR count). The van der Waals surface area contributed by atoms with Crippen LogP contribution in [0.2, 0.25) is 0 Å². The van der Waals surface area contributed by atoms with Gasteiger partial charge in [0.1, 0.15) is 11.9 Å². The van der Waals surface area contributed by atoms with Crippen molar-refractivity contribution < 1.29 is 19.4 Å². The van der Waals surface area contributed by atoms with E-state index in [1.807, 2.05) is 19.9 Å². The van der Waals surface area contributed by atoms with Crippen molar-refractivity contribution in [3.05, 3.63) is 93.6 Å². The molecule has 0 saturated heterocycles. The second-order valence-electron chi connectivity index (χ2n) is 9.31. The molecule has 0 unspecified atom stereocenters. The van der Waals surface area contributed by atoms with Crippen LogP contribution in [0.3, 0.4) is 0 Å². The van der Waals surface area contributed by atoms with Crippen LogP contribution in [-0.2, 0) is 9.53 Å². The normalized spacial score (nSPS) is 11.9. The van der Waals surface area contributed by atoms with Gasteiger partial charge >= 0.3 is 6.09 Å². The molecular weight excluding hydrogens is 595 g/mol. The van der Waals surface area contributed by atoms with E-state index in [-0.39, 0.29) is 11.7 Å². The average Bonchev–Trinajstić information content (AvgIpc) is 2.88. The van der Waals surface area contributed by atoms with Crippen molar-refractivity contribution in [1.29, 1.82) is 5.26 Å². The summed E-state index contributed by atoms with van der Waals surface area (Å²) in [4.78, 5) is 25.2. The van der Waals surface area contributed by atoms with E-state index in [0.29, 0.717) is 41.0 Å². The number of anilines is 3. The number of nitrogens with two attached hydrogens (primary N) is 1. The standard InChI is InChI=1S/C29H29IN4O4/c1-29(2,16-6-5-9-26(36)34-24-8-4-3-7-23(24)32)27(22-17-20(30)12-15-25(22)35)38-28(37)33-21-13-10-19(18-31)11-14-21/h3-5,7-15,17,27,35H,6,16,32H2,1-2H3,(H,33,37)(H,34,36)/b9-5+/t27-/m1/s1. The molecule has 0 aliphatic carbocycles. The summed E-state index contributed by atoms with van der Waals surface area (Å²) in [7, 11) is 0. The van der Waals surface area contributed by atoms with Crippen LogP contribution in [0.4, 0.5) is 21.9 Å². The molecule has 0 fully saturated rings. The lowest BCUT2D eigenvalue weighted by molar-refractivity contribution is -0.111. The van der Waals surface area contributed by atoms with Gasteiger partial charge in [0.25, 0.3) is 0 Å². The molecule has 0 heterocycles. The highest BCUT2D eigenvalue weighted by Crippen LogP contribution is 2.44. The second kappa shape index (κ2) is 13.0. The number of hydrogen-bond acceptors (Lipinski definition) is 6. The van der Waals surface area contributed by atoms with Gasteiger partial charge in [-0.25, -0.2) is 4.79 Å². The van der Waals surface area contributed by atoms with Crippen LogP contribution in [0, 0.1) is 20.3 Å². The molecule has 3 aromatic carbocycles. The highest BCUT2D eigenvalue weighted by Gasteiger charge is 2.35. The Morgan fingerprint density at radius 2 is 1.84 bits per heavy atom. The number of phenols is 1. The number of halogens is 1. The Morgan fingerprint density at radius 3 is 2.53 bits per heavy atom. The second-order valence-corrected chi connectivity index (χ2v) is 10.6. The molecule has 0 saturated carbocycles. The van der Waals surface area contributed by atoms with Crippen molar-refractivity contribution in [2.45, 2.75) is 32.8 Å². The molecule has 0 aromatic heterocycles. The van der Waals surface area contributed by atoms with E-state index in [9.17, 15) is 14.7 Å². The van der Waals surface area contributed by atoms with Crippen molar-refractivity contribution >= 4 is 51.7 Å². The summed E-state index contributed by atoms with van der Waals surface area (Å²) >= 11 is 2.14. The first kappa shape index (κ1) is 28.5. The van der Waals surface area contributed by atoms with Gasteiger partial charge in [-0.05, 0) is 96.1 Å². The van der Waals surface area contributed by atoms with E-state index in [2.05, 4.69) is 33.2 Å². The number of nitrogens with one attached hydrogen (secondary N) is 2. The molecule has 0 spiro atoms. The highest BCUT2D eigenvalue weighted by atomic mass is 127. The predicted octanol–water partition coefficient (Wildman–Crippen LogP) is 6.74. The summed E-state index contributed by atoms with van der Waals surface area (Å²) < 4.78 is 6.75. The number of ether oxygens (including phenoxy) is 1. The van der Waals surface area contributed by atoms with Crippen molar-refractivity contribution in [2.75, 3.05) is 16.4 Å². The van der Waals surface area contributed by atoms with Crippen molar-refractivity contribution in [3.8, 4) is 11.8 Å². The number of para-hydroxylation sites is 2. The lowest BCUT2D eigenvalue weighted by Crippen LogP contribution is -2.29. The number of carbonyl (C=O) groups excluding carboxylic acids is 2. The minimum Gasteiger partial charge on any atom is -0.508 e. The van der Waals surface area contributed by atoms with Gasteiger partial charge in [-0.15, -0.1) is 0 Å². The van der Waals surface area contributed by atoms with Crippen molar-refractivity contribution in [1.82, 2.24) is 0 Å². The molecule has 5 N–H and O–H groups in total. The Bertz CT molecular complexity index is 1360. The third-order valence-electron chi connectivity index (χ3n) is 5.91. The number of phenolic OH excluding ortho intramolecular Hbond substituents is 1. The Kier molecular flexibility index (Phi) is 9.73. The molecular formula is C29H29IN4O4. The minimum atomic E-state index is -0.790. The molecule has 38 heavy (non-hydrogen) atoms. The molecule has 196 valence electrons. The van der Waals surface area contributed by atoms with Crippen LogP contribution in [0.15, 0.2) is 78.9 Å². The van der Waals surface area contributed by atoms with Crippen molar-refractivity contribution in [2.24, 2.45) is 5.41 Å². The van der Waals surface area contributed by atoms with Crippen LogP contribution in [0.5, 0.6) is 5.75 Å². The van der Waals surface area contributed by atoms with E-state index in [1.54, 1.807) is 72.8 Å². The number of nitrogens with zero attached hydrogens (tertiary/aromatic N) is 1. The van der Waals surface area contributed by atoms with Gasteiger partial charge in [0.05, 0.1) is 23.0 Å². The Balaban J connectivity index is 1.72. The molecule has 2 amide bonds. The first-order chi connectivity index (χ1) is 18.1. The monoisotopic (exact) mass is 624 g/mol. The lowest BCUT2D eigenvalue weighted by atomic mass is 9.78. The van der Waals surface area contributed by atoms with Crippen molar-refractivity contribution in [3.63, 3.8) is 0 Å². The highest BCUT2D eigenvalue weighted by molar-refractivity contribution is 14.1. The summed E-state index contributed by atoms with van der Waals surface area (Å²) in [6.07, 6.45) is 2.78. The average molecular weight is 624 g/mol. The maximum Gasteiger partial charge on any atom is 0.412 e. The van der Waals surface area contributed by atoms with E-state index >= 15 is 0 Å². The zero-order valence-electron chi connectivity index (χ0n) is 21.1. The maximum atomic E-state index is 12.9. The molecule has 0 bridgehead atoms. The summed E-state index contributed by atoms with van der Waals surface area (Å²) in [5.41, 5.74) is 7.71. The van der Waals surface area contributed by atoms with Gasteiger partial charge in [0, 0.05) is 20.2 Å². The quantitative estimate of drug-likeness (QED) is 0.118. The van der Waals surface area contributed by atoms with E-state index in [0.717, 1.165) is 3.57 Å². The Labute approximate surface area is 235 Å². The number of amides is 2. The zero-order chi connectivity index (χ0) is 27.7. The number of aromatic hydroxyl groups is 1. The van der Waals surface area contributed by atoms with Crippen LogP contribution in [-0.4, -0.2) is 17.1 Å². The van der Waals surface area contributed by atoms with Crippen LogP contribution >= 0.6 is 22.6 Å². The van der Waals surface area contributed by atoms with E-state index in [4.69, 9.17) is 15.7 Å². The van der Waals surface area contributed by atoms with Crippen LogP contribution < -0.4 is 16.4 Å². The van der Waals surface area contributed by atoms with Gasteiger partial charge in [-0.3, -0.25) is 10.1 Å². The van der Waals surface area contributed by atoms with Crippen LogP contribution in [0.1, 0.15) is 43.9 Å². The van der Waals surface area contributed by atoms with Gasteiger partial charge in [-0.2, -0.15) is 5.26 Å². The lowest BCUT2D eigenvalue weighted by Gasteiger charge is -2.34. The maximum absolute atomic E-state index is 12.9. The van der Waals surface area contributed by atoms with E-state index in [1.165, 1.54) is 6.08 Å². The fraction of sp³-hybridized carbons (Fsp3) is 0.207. The number of nitriles is 1. The molecule has 8 nitrogen and oxygen atoms in total. The van der Waals surface area contributed by atoms with Crippen LogP contribution in [0.25, 0.3) is 0 Å². The fourth-order valence-electron chi connectivity index (χ4n) is 3.82. The van der Waals surface area contributed by atoms with Gasteiger partial charge < -0.3 is 20.9 Å². The molecule has 9 heteroatoms. The summed E-state index contributed by atoms with van der Waals surface area (Å²) in [6.45, 7) is 3.87. The zero-order valence-corrected chi connectivity index (χ0v) is 23.2. The number of allylic oxidation sites excluding steroid dienone is 1. The predicted molar refractivity (Wildman–Crippen MR) is 156 cm³/mol. The first-order valence-corrected chi connectivity index (χ1v) is 12.9. The van der Waals surface area contributed by atoms with Gasteiger partial charge in [0.2, 0.25) is 5.91 Å². The molecule has 0 radical (unpaired) electrons. The number of benzene rings is 3. The Morgan fingerprint density at radius 1 is 1.13 bits per heavy atom. The summed E-state index contributed by atoms with van der Waals surface area (Å²) in [6, 6.07) is 20.6. The number of rotatable bonds is 9. The smallest absolute Gasteiger partial charge is 0.412 e. The summed E-state index contributed by atoms with van der Waals surface area (Å²) in [5, 5.41) is 25.0. The molecule has 3 aromatic rings. The fourth-order valence-corrected chi connectivity index (χ4v) is 4.34. The Hall–Kier alpha value is -4.04. The number of hydrogen-bond donors (Lipinski definition) is 4. The van der Waals surface area contributed by atoms with Gasteiger partial charge in [0.15, 0.2) is 0 Å². The largest absolute Gasteiger partial charge is 0.508 e. The first-order valence-electron chi connectivity index (χ1n) is 11.9. The SMILES string of the molecule is CC(C)(CC/C=C/C(=O)Nc1ccccc1N)[C@H](OC(=O)Nc1ccc(C#N)cc1)c1cc(I)ccc1O. The van der Waals surface area contributed by atoms with Gasteiger partial charge in [-0.1, -0.05) is 32.1 Å². The third kappa shape index (κ3) is 7.98. The third-order valence-corrected chi connectivity index (χ3v) is 6.58. The molecule has 1 atom stereocenters. The minimum absolute atomic E-state index is 0.0185. The van der Waals surface area contributed by atoms with E-state index < -0.39 is 17.6 Å². The molecule has 0 aliphatic rings. The molecule has 0 aliphatic heterocycles. The summed E-state index contributed by atoms with van der Waals surface area (Å²) in [5.74, 6) is -0.282. The topological polar surface area (TPSA) is 137 Å². The number of carbonyl (C=O) groups is 2.